The van der Waals surface area contributed by atoms with Crippen molar-refractivity contribution in [1.82, 2.24) is 5.32 Å². The van der Waals surface area contributed by atoms with Gasteiger partial charge in [-0.2, -0.15) is 0 Å². The number of aryl methyl sites for hydroxylation is 1. The number of nitrogens with one attached hydrogen (secondary N) is 2. The molecule has 0 spiro atoms. The van der Waals surface area contributed by atoms with Crippen LogP contribution in [-0.4, -0.2) is 19.6 Å². The van der Waals surface area contributed by atoms with Crippen molar-refractivity contribution in [2.45, 2.75) is 19.9 Å². The van der Waals surface area contributed by atoms with Crippen molar-refractivity contribution in [2.24, 2.45) is 0 Å². The van der Waals surface area contributed by atoms with Crippen molar-refractivity contribution in [1.29, 1.82) is 0 Å². The van der Waals surface area contributed by atoms with Crippen LogP contribution in [0.4, 0.5) is 5.69 Å². The van der Waals surface area contributed by atoms with Gasteiger partial charge in [-0.1, -0.05) is 30.3 Å². The molecule has 2 aromatic rings. The van der Waals surface area contributed by atoms with Gasteiger partial charge in [0, 0.05) is 17.3 Å². The number of benzene rings is 2. The fourth-order valence-electron chi connectivity index (χ4n) is 2.31. The molecule has 0 saturated heterocycles. The summed E-state index contributed by atoms with van der Waals surface area (Å²) in [6, 6.07) is 15.6. The highest BCUT2D eigenvalue weighted by molar-refractivity contribution is 5.92. The van der Waals surface area contributed by atoms with Gasteiger partial charge in [-0.3, -0.25) is 4.79 Å². The largest absolute Gasteiger partial charge is 0.496 e. The van der Waals surface area contributed by atoms with Gasteiger partial charge in [-0.05, 0) is 37.6 Å². The van der Waals surface area contributed by atoms with Gasteiger partial charge in [0.25, 0.3) is 0 Å². The molecule has 2 aromatic carbocycles. The quantitative estimate of drug-likeness (QED) is 0.860. The third kappa shape index (κ3) is 4.33. The first kappa shape index (κ1) is 16.0. The molecule has 116 valence electrons. The van der Waals surface area contributed by atoms with Gasteiger partial charge >= 0.3 is 0 Å². The number of carbonyl (C=O) groups excluding carboxylic acids is 1. The molecule has 0 unspecified atom stereocenters. The highest BCUT2D eigenvalue weighted by Crippen LogP contribution is 2.24. The average molecular weight is 298 g/mol. The lowest BCUT2D eigenvalue weighted by Crippen LogP contribution is -2.30. The third-order valence-electron chi connectivity index (χ3n) is 3.48. The van der Waals surface area contributed by atoms with Crippen LogP contribution in [0.15, 0.2) is 48.5 Å². The molecule has 4 heteroatoms. The van der Waals surface area contributed by atoms with Gasteiger partial charge in [0.1, 0.15) is 5.75 Å². The second-order valence-corrected chi connectivity index (χ2v) is 5.26. The molecular formula is C18H22N2O2. The zero-order valence-corrected chi connectivity index (χ0v) is 13.2. The number of hydrogen-bond donors (Lipinski definition) is 2. The summed E-state index contributed by atoms with van der Waals surface area (Å²) >= 11 is 0. The van der Waals surface area contributed by atoms with E-state index in [0.29, 0.717) is 0 Å². The van der Waals surface area contributed by atoms with E-state index in [-0.39, 0.29) is 18.5 Å². The third-order valence-corrected chi connectivity index (χ3v) is 3.48. The van der Waals surface area contributed by atoms with Crippen molar-refractivity contribution in [3.8, 4) is 5.75 Å². The maximum Gasteiger partial charge on any atom is 0.238 e. The molecular weight excluding hydrogens is 276 g/mol. The molecule has 0 fully saturated rings. The minimum Gasteiger partial charge on any atom is -0.496 e. The molecule has 0 saturated carbocycles. The molecule has 0 aliphatic heterocycles. The van der Waals surface area contributed by atoms with Crippen molar-refractivity contribution >= 4 is 11.6 Å². The number of amides is 1. The number of carbonyl (C=O) groups is 1. The van der Waals surface area contributed by atoms with Crippen LogP contribution in [0.5, 0.6) is 5.75 Å². The Labute approximate surface area is 131 Å². The van der Waals surface area contributed by atoms with E-state index in [1.54, 1.807) is 7.11 Å². The van der Waals surface area contributed by atoms with Crippen LogP contribution in [0.1, 0.15) is 24.1 Å². The van der Waals surface area contributed by atoms with Crippen LogP contribution in [0.3, 0.4) is 0 Å². The predicted octanol–water partition coefficient (Wildman–Crippen LogP) is 3.29. The molecule has 2 N–H and O–H groups in total. The lowest BCUT2D eigenvalue weighted by molar-refractivity contribution is -0.115. The van der Waals surface area contributed by atoms with E-state index in [9.17, 15) is 4.79 Å². The second kappa shape index (κ2) is 7.61. The van der Waals surface area contributed by atoms with Gasteiger partial charge in [0.2, 0.25) is 5.91 Å². The number of hydrogen-bond acceptors (Lipinski definition) is 3. The average Bonchev–Trinajstić information content (AvgIpc) is 2.52. The number of para-hydroxylation sites is 1. The Bertz CT molecular complexity index is 640. The fourth-order valence-corrected chi connectivity index (χ4v) is 2.31. The van der Waals surface area contributed by atoms with E-state index in [4.69, 9.17) is 4.74 Å². The van der Waals surface area contributed by atoms with Crippen LogP contribution < -0.4 is 15.4 Å². The summed E-state index contributed by atoms with van der Waals surface area (Å²) in [5.41, 5.74) is 2.97. The van der Waals surface area contributed by atoms with Crippen LogP contribution >= 0.6 is 0 Å². The van der Waals surface area contributed by atoms with Gasteiger partial charge in [-0.25, -0.2) is 0 Å². The zero-order chi connectivity index (χ0) is 15.9. The summed E-state index contributed by atoms with van der Waals surface area (Å²) in [4.78, 5) is 12.0. The lowest BCUT2D eigenvalue weighted by atomic mass is 10.1. The smallest absolute Gasteiger partial charge is 0.238 e. The Kier molecular flexibility index (Phi) is 5.55. The Morgan fingerprint density at radius 1 is 1.18 bits per heavy atom. The van der Waals surface area contributed by atoms with E-state index >= 15 is 0 Å². The molecule has 0 bridgehead atoms. The predicted molar refractivity (Wildman–Crippen MR) is 89.2 cm³/mol. The zero-order valence-electron chi connectivity index (χ0n) is 13.2. The first-order valence-corrected chi connectivity index (χ1v) is 7.33. The molecule has 4 nitrogen and oxygen atoms in total. The molecule has 2 rings (SSSR count). The van der Waals surface area contributed by atoms with Crippen molar-refractivity contribution in [3.63, 3.8) is 0 Å². The van der Waals surface area contributed by atoms with Crippen molar-refractivity contribution < 1.29 is 9.53 Å². The number of ether oxygens (including phenoxy) is 1. The van der Waals surface area contributed by atoms with Crippen LogP contribution in [0.2, 0.25) is 0 Å². The topological polar surface area (TPSA) is 50.4 Å². The molecule has 0 aliphatic carbocycles. The fraction of sp³-hybridized carbons (Fsp3) is 0.278. The molecule has 1 amide bonds. The Morgan fingerprint density at radius 3 is 2.68 bits per heavy atom. The van der Waals surface area contributed by atoms with E-state index < -0.39 is 0 Å². The number of methoxy groups -OCH3 is 1. The molecule has 1 atom stereocenters. The minimum atomic E-state index is -0.0626. The summed E-state index contributed by atoms with van der Waals surface area (Å²) < 4.78 is 5.34. The van der Waals surface area contributed by atoms with E-state index in [2.05, 4.69) is 10.6 Å². The first-order valence-electron chi connectivity index (χ1n) is 7.33. The normalized spacial score (nSPS) is 11.8. The van der Waals surface area contributed by atoms with Crippen LogP contribution in [0, 0.1) is 6.92 Å². The molecule has 0 aliphatic rings. The highest BCUT2D eigenvalue weighted by Gasteiger charge is 2.11. The minimum absolute atomic E-state index is 0.0272. The summed E-state index contributed by atoms with van der Waals surface area (Å²) in [6.45, 7) is 4.25. The van der Waals surface area contributed by atoms with Gasteiger partial charge in [0.05, 0.1) is 13.7 Å². The summed E-state index contributed by atoms with van der Waals surface area (Å²) in [5.74, 6) is 0.758. The molecule has 0 heterocycles. The SMILES string of the molecule is COc1ccccc1[C@@H](C)NCC(=O)Nc1cccc(C)c1. The summed E-state index contributed by atoms with van der Waals surface area (Å²) in [5, 5.41) is 6.10. The van der Waals surface area contributed by atoms with E-state index in [1.807, 2.05) is 62.4 Å². The molecule has 0 radical (unpaired) electrons. The van der Waals surface area contributed by atoms with Gasteiger partial charge < -0.3 is 15.4 Å². The highest BCUT2D eigenvalue weighted by atomic mass is 16.5. The van der Waals surface area contributed by atoms with E-state index in [1.165, 1.54) is 0 Å². The molecule has 0 aromatic heterocycles. The maximum atomic E-state index is 12.0. The van der Waals surface area contributed by atoms with E-state index in [0.717, 1.165) is 22.6 Å². The monoisotopic (exact) mass is 298 g/mol. The first-order chi connectivity index (χ1) is 10.6. The summed E-state index contributed by atoms with van der Waals surface area (Å²) in [7, 11) is 1.65. The van der Waals surface area contributed by atoms with Crippen molar-refractivity contribution in [2.75, 3.05) is 19.0 Å². The number of anilines is 1. The second-order valence-electron chi connectivity index (χ2n) is 5.26. The lowest BCUT2D eigenvalue weighted by Gasteiger charge is -2.17. The number of rotatable bonds is 6. The van der Waals surface area contributed by atoms with Gasteiger partial charge in [0.15, 0.2) is 0 Å². The van der Waals surface area contributed by atoms with Gasteiger partial charge in [-0.15, -0.1) is 0 Å². The van der Waals surface area contributed by atoms with Crippen LogP contribution in [-0.2, 0) is 4.79 Å². The van der Waals surface area contributed by atoms with Crippen LogP contribution in [0.25, 0.3) is 0 Å². The Hall–Kier alpha value is -2.33. The standard InChI is InChI=1S/C18H22N2O2/c1-13-7-6-8-15(11-13)20-18(21)12-19-14(2)16-9-4-5-10-17(16)22-3/h4-11,14,19H,12H2,1-3H3,(H,20,21)/t14-/m1/s1. The Morgan fingerprint density at radius 2 is 1.95 bits per heavy atom. The van der Waals surface area contributed by atoms with Crippen molar-refractivity contribution in [3.05, 3.63) is 59.7 Å². The maximum absolute atomic E-state index is 12.0. The Balaban J connectivity index is 1.90. The summed E-state index contributed by atoms with van der Waals surface area (Å²) in [6.07, 6.45) is 0. The molecule has 22 heavy (non-hydrogen) atoms.